The number of halogens is 3. The molecule has 1 aromatic carbocycles. The predicted octanol–water partition coefficient (Wildman–Crippen LogP) is 3.53. The molecule has 2 saturated carbocycles. The first-order valence-corrected chi connectivity index (χ1v) is 9.81. The van der Waals surface area contributed by atoms with Gasteiger partial charge in [0.2, 0.25) is 10.0 Å². The summed E-state index contributed by atoms with van der Waals surface area (Å²) in [4.78, 5) is 0. The lowest BCUT2D eigenvalue weighted by Crippen LogP contribution is -2.35. The van der Waals surface area contributed by atoms with Crippen LogP contribution in [0.25, 0.3) is 0 Å². The number of hydrogen-bond acceptors (Lipinski definition) is 3. The number of hydrogen-bond donors (Lipinski definition) is 0. The summed E-state index contributed by atoms with van der Waals surface area (Å²) in [6.07, 6.45) is -1.91. The van der Waals surface area contributed by atoms with Crippen LogP contribution in [0.5, 0.6) is 0 Å². The molecule has 1 aliphatic heterocycles. The van der Waals surface area contributed by atoms with Crippen molar-refractivity contribution in [1.29, 1.82) is 5.26 Å². The molecular weight excluding hydrogens is 353 g/mol. The third-order valence-corrected chi connectivity index (χ3v) is 8.61. The molecule has 4 nitrogen and oxygen atoms in total. The van der Waals surface area contributed by atoms with E-state index in [1.54, 1.807) is 6.92 Å². The minimum absolute atomic E-state index is 0.00706. The lowest BCUT2D eigenvalue weighted by molar-refractivity contribution is -0.137. The Morgan fingerprint density at radius 1 is 1.24 bits per heavy atom. The van der Waals surface area contributed by atoms with Gasteiger partial charge in [-0.25, -0.2) is 8.42 Å². The number of rotatable bonds is 1. The van der Waals surface area contributed by atoms with E-state index in [1.165, 1.54) is 16.4 Å². The Kier molecular flexibility index (Phi) is 3.43. The molecule has 134 valence electrons. The van der Waals surface area contributed by atoms with Gasteiger partial charge < -0.3 is 0 Å². The topological polar surface area (TPSA) is 61.2 Å². The smallest absolute Gasteiger partial charge is 0.267 e. The number of nitrogens with zero attached hydrogens (tertiary/aromatic N) is 2. The molecule has 2 aliphatic carbocycles. The van der Waals surface area contributed by atoms with Crippen molar-refractivity contribution in [3.8, 4) is 6.07 Å². The zero-order valence-electron chi connectivity index (χ0n) is 13.5. The lowest BCUT2D eigenvalue weighted by Gasteiger charge is -2.27. The summed E-state index contributed by atoms with van der Waals surface area (Å²) in [7, 11) is -3.70. The molecule has 0 spiro atoms. The van der Waals surface area contributed by atoms with Gasteiger partial charge >= 0.3 is 6.18 Å². The van der Waals surface area contributed by atoms with Crippen molar-refractivity contribution in [2.75, 3.05) is 4.31 Å². The van der Waals surface area contributed by atoms with Crippen molar-refractivity contribution in [3.05, 3.63) is 29.3 Å². The highest BCUT2D eigenvalue weighted by molar-refractivity contribution is 7.93. The van der Waals surface area contributed by atoms with Crippen molar-refractivity contribution < 1.29 is 21.6 Å². The summed E-state index contributed by atoms with van der Waals surface area (Å²) in [6.45, 7) is 1.79. The molecule has 0 radical (unpaired) electrons. The molecule has 0 amide bonds. The van der Waals surface area contributed by atoms with E-state index in [4.69, 9.17) is 5.26 Å². The molecule has 4 rings (SSSR count). The average molecular weight is 370 g/mol. The molecule has 3 fully saturated rings. The van der Waals surface area contributed by atoms with Crippen molar-refractivity contribution in [3.63, 3.8) is 0 Å². The Hall–Kier alpha value is -1.75. The summed E-state index contributed by atoms with van der Waals surface area (Å²) in [5.41, 5.74) is -1.58. The highest BCUT2D eigenvalue weighted by atomic mass is 32.2. The fraction of sp³-hybridized carbons (Fsp3) is 0.588. The van der Waals surface area contributed by atoms with E-state index in [1.807, 2.05) is 0 Å². The molecule has 0 N–H and O–H groups in total. The largest absolute Gasteiger partial charge is 0.417 e. The first kappa shape index (κ1) is 16.7. The van der Waals surface area contributed by atoms with Gasteiger partial charge in [0.1, 0.15) is 0 Å². The third kappa shape index (κ3) is 2.21. The van der Waals surface area contributed by atoms with Crippen LogP contribution in [0.4, 0.5) is 18.9 Å². The lowest BCUT2D eigenvalue weighted by atomic mass is 9.83. The van der Waals surface area contributed by atoms with Crippen molar-refractivity contribution in [1.82, 2.24) is 0 Å². The van der Waals surface area contributed by atoms with E-state index in [9.17, 15) is 21.6 Å². The van der Waals surface area contributed by atoms with Crippen molar-refractivity contribution in [2.45, 2.75) is 43.7 Å². The van der Waals surface area contributed by atoms with Crippen molar-refractivity contribution >= 4 is 15.7 Å². The maximum atomic E-state index is 13.2. The van der Waals surface area contributed by atoms with Gasteiger partial charge in [-0.15, -0.1) is 0 Å². The van der Waals surface area contributed by atoms with Crippen LogP contribution >= 0.6 is 0 Å². The van der Waals surface area contributed by atoms with Crippen molar-refractivity contribution in [2.24, 2.45) is 17.8 Å². The average Bonchev–Trinajstić information content (AvgIpc) is 3.19. The predicted molar refractivity (Wildman–Crippen MR) is 85.1 cm³/mol. The maximum Gasteiger partial charge on any atom is 0.417 e. The maximum absolute atomic E-state index is 13.2. The molecule has 8 heteroatoms. The summed E-state index contributed by atoms with van der Waals surface area (Å²) < 4.78 is 67.0. The molecule has 1 aromatic rings. The summed E-state index contributed by atoms with van der Waals surface area (Å²) in [6, 6.07) is 4.34. The number of sulfonamides is 1. The van der Waals surface area contributed by atoms with Crippen LogP contribution in [-0.4, -0.2) is 19.7 Å². The Bertz CT molecular complexity index is 875. The Morgan fingerprint density at radius 3 is 2.52 bits per heavy atom. The molecule has 1 heterocycles. The fourth-order valence-electron chi connectivity index (χ4n) is 5.30. The Labute approximate surface area is 144 Å². The van der Waals surface area contributed by atoms with E-state index in [-0.39, 0.29) is 23.6 Å². The monoisotopic (exact) mass is 370 g/mol. The molecular formula is C17H17F3N2O2S. The Balaban J connectivity index is 1.82. The first-order chi connectivity index (χ1) is 11.7. The van der Waals surface area contributed by atoms with Gasteiger partial charge in [-0.1, -0.05) is 0 Å². The summed E-state index contributed by atoms with van der Waals surface area (Å²) in [5, 5.41) is 8.44. The highest BCUT2D eigenvalue weighted by Crippen LogP contribution is 2.58. The first-order valence-electron chi connectivity index (χ1n) is 8.31. The normalized spacial score (nSPS) is 35.6. The van der Waals surface area contributed by atoms with Crippen LogP contribution in [0.2, 0.25) is 0 Å². The van der Waals surface area contributed by atoms with Gasteiger partial charge in [-0.2, -0.15) is 18.4 Å². The van der Waals surface area contributed by atoms with Gasteiger partial charge in [-0.3, -0.25) is 4.31 Å². The Morgan fingerprint density at radius 2 is 1.92 bits per heavy atom. The highest BCUT2D eigenvalue weighted by Gasteiger charge is 2.63. The van der Waals surface area contributed by atoms with Crippen LogP contribution in [0, 0.1) is 29.1 Å². The van der Waals surface area contributed by atoms with Crippen LogP contribution in [0.3, 0.4) is 0 Å². The number of anilines is 1. The number of fused-ring (bicyclic) bond motifs is 5. The zero-order valence-corrected chi connectivity index (χ0v) is 14.3. The van der Waals surface area contributed by atoms with Gasteiger partial charge in [0.15, 0.2) is 0 Å². The molecule has 25 heavy (non-hydrogen) atoms. The van der Waals surface area contributed by atoms with Crippen LogP contribution in [0.1, 0.15) is 37.3 Å². The van der Waals surface area contributed by atoms with Gasteiger partial charge in [0.25, 0.3) is 0 Å². The standard InChI is InChI=1S/C17H17F3N2O2S/c1-9-15-10-2-3-11(6-10)16(15)25(23,24)22(9)13-5-4-12(8-21)14(7-13)17(18,19)20/h4-5,7,9-11,15-16H,2-3,6H2,1H3/t9-,10+,11-,15+,16-/m1/s1. The van der Waals surface area contributed by atoms with E-state index in [0.717, 1.165) is 31.4 Å². The SMILES string of the molecule is C[C@@H]1[C@H]2[C@H]3CC[C@H](C3)[C@H]2S(=O)(=O)N1c1ccc(C#N)c(C(F)(F)F)c1. The van der Waals surface area contributed by atoms with E-state index in [0.29, 0.717) is 5.92 Å². The minimum Gasteiger partial charge on any atom is -0.267 e. The fourth-order valence-corrected chi connectivity index (χ4v) is 8.15. The second kappa shape index (κ2) is 5.13. The molecule has 3 aliphatic rings. The zero-order chi connectivity index (χ0) is 18.1. The van der Waals surface area contributed by atoms with E-state index in [2.05, 4.69) is 0 Å². The molecule has 5 atom stereocenters. The minimum atomic E-state index is -4.71. The summed E-state index contributed by atoms with van der Waals surface area (Å²) in [5.74, 6) is 0.437. The molecule has 0 aromatic heterocycles. The quantitative estimate of drug-likeness (QED) is 0.760. The summed E-state index contributed by atoms with van der Waals surface area (Å²) >= 11 is 0. The van der Waals surface area contributed by atoms with E-state index >= 15 is 0 Å². The van der Waals surface area contributed by atoms with Gasteiger partial charge in [-0.05, 0) is 56.2 Å². The van der Waals surface area contributed by atoms with E-state index < -0.39 is 32.6 Å². The number of nitriles is 1. The van der Waals surface area contributed by atoms with Gasteiger partial charge in [0.05, 0.1) is 28.1 Å². The number of benzene rings is 1. The van der Waals surface area contributed by atoms with Crippen LogP contribution < -0.4 is 4.31 Å². The van der Waals surface area contributed by atoms with Gasteiger partial charge in [0, 0.05) is 12.0 Å². The second-order valence-corrected chi connectivity index (χ2v) is 9.26. The van der Waals surface area contributed by atoms with Crippen LogP contribution in [-0.2, 0) is 16.2 Å². The molecule has 2 bridgehead atoms. The third-order valence-electron chi connectivity index (χ3n) is 6.13. The molecule has 1 saturated heterocycles. The van der Waals surface area contributed by atoms with Crippen LogP contribution in [0.15, 0.2) is 18.2 Å². The second-order valence-electron chi connectivity index (χ2n) is 7.30. The number of alkyl halides is 3. The molecule has 0 unspecified atom stereocenters.